The third kappa shape index (κ3) is 6.46. The van der Waals surface area contributed by atoms with Crippen molar-refractivity contribution >= 4 is 27.5 Å². The zero-order chi connectivity index (χ0) is 25.7. The van der Waals surface area contributed by atoms with Gasteiger partial charge in [0.2, 0.25) is 15.9 Å². The van der Waals surface area contributed by atoms with E-state index in [2.05, 4.69) is 16.8 Å². The smallest absolute Gasteiger partial charge is 0.243 e. The molecule has 1 saturated heterocycles. The lowest BCUT2D eigenvalue weighted by atomic mass is 10.2. The van der Waals surface area contributed by atoms with Crippen molar-refractivity contribution in [3.05, 3.63) is 65.7 Å². The number of likely N-dealkylation sites (N-methyl/N-ethyl adjacent to an activating group) is 2. The van der Waals surface area contributed by atoms with Crippen molar-refractivity contribution < 1.29 is 17.9 Å². The first kappa shape index (κ1) is 26.6. The molecule has 8 nitrogen and oxygen atoms in total. The second kappa shape index (κ2) is 11.7. The molecule has 2 aliphatic heterocycles. The van der Waals surface area contributed by atoms with Crippen LogP contribution in [0.2, 0.25) is 5.02 Å². The molecule has 36 heavy (non-hydrogen) atoms. The molecule has 0 spiro atoms. The number of rotatable bonds is 8. The van der Waals surface area contributed by atoms with E-state index in [1.807, 2.05) is 12.2 Å². The second-order valence-electron chi connectivity index (χ2n) is 9.23. The standard InChI is InChI=1S/C26H33ClN4O4S/c1-28-15-17-30(18-16-28)19-20-31(25-5-3-4-14-29(2)26(25)32)36(33,34)24-12-10-23(11-13-24)35-22-8-6-21(27)7-9-22/h3-4,6-13,25H,5,14-20H2,1-2H3/t25-/m1/s1. The Morgan fingerprint density at radius 3 is 2.19 bits per heavy atom. The summed E-state index contributed by atoms with van der Waals surface area (Å²) in [6, 6.07) is 12.5. The lowest BCUT2D eigenvalue weighted by Gasteiger charge is -2.35. The fourth-order valence-electron chi connectivity index (χ4n) is 4.35. The highest BCUT2D eigenvalue weighted by molar-refractivity contribution is 7.89. The Morgan fingerprint density at radius 2 is 1.56 bits per heavy atom. The Labute approximate surface area is 218 Å². The Morgan fingerprint density at radius 1 is 0.944 bits per heavy atom. The number of carbonyl (C=O) groups excluding carboxylic acids is 1. The number of hydrogen-bond donors (Lipinski definition) is 0. The van der Waals surface area contributed by atoms with E-state index in [1.54, 1.807) is 48.3 Å². The Hall–Kier alpha value is -2.43. The van der Waals surface area contributed by atoms with Crippen LogP contribution < -0.4 is 4.74 Å². The van der Waals surface area contributed by atoms with Crippen LogP contribution in [0.4, 0.5) is 0 Å². The molecule has 194 valence electrons. The van der Waals surface area contributed by atoms with Crippen LogP contribution in [0.1, 0.15) is 6.42 Å². The van der Waals surface area contributed by atoms with Gasteiger partial charge in [0, 0.05) is 57.9 Å². The molecule has 0 aromatic heterocycles. The van der Waals surface area contributed by atoms with Crippen LogP contribution in [-0.4, -0.2) is 99.3 Å². The first-order chi connectivity index (χ1) is 17.2. The van der Waals surface area contributed by atoms with Crippen LogP contribution in [0.5, 0.6) is 11.5 Å². The van der Waals surface area contributed by atoms with Crippen LogP contribution in [-0.2, 0) is 14.8 Å². The topological polar surface area (TPSA) is 73.4 Å². The predicted molar refractivity (Wildman–Crippen MR) is 141 cm³/mol. The summed E-state index contributed by atoms with van der Waals surface area (Å²) < 4.78 is 35.0. The average molecular weight is 533 g/mol. The lowest BCUT2D eigenvalue weighted by Crippen LogP contribution is -2.53. The summed E-state index contributed by atoms with van der Waals surface area (Å²) >= 11 is 5.93. The van der Waals surface area contributed by atoms with E-state index in [9.17, 15) is 13.2 Å². The Balaban J connectivity index is 1.56. The SMILES string of the molecule is CN1CCN(CCN([C@@H]2CC=CCN(C)C2=O)S(=O)(=O)c2ccc(Oc3ccc(Cl)cc3)cc2)CC1. The predicted octanol–water partition coefficient (Wildman–Crippen LogP) is 3.16. The second-order valence-corrected chi connectivity index (χ2v) is 11.6. The maximum absolute atomic E-state index is 13.9. The molecule has 0 radical (unpaired) electrons. The summed E-state index contributed by atoms with van der Waals surface area (Å²) in [5.74, 6) is 0.917. The molecule has 0 aliphatic carbocycles. The van der Waals surface area contributed by atoms with E-state index in [0.717, 1.165) is 26.2 Å². The Kier molecular flexibility index (Phi) is 8.69. The molecule has 0 saturated carbocycles. The third-order valence-corrected chi connectivity index (χ3v) is 8.80. The van der Waals surface area contributed by atoms with E-state index in [4.69, 9.17) is 16.3 Å². The summed E-state index contributed by atoms with van der Waals surface area (Å²) in [7, 11) is -0.147. The molecule has 2 heterocycles. The fraction of sp³-hybridized carbons (Fsp3) is 0.423. The number of hydrogen-bond acceptors (Lipinski definition) is 6. The zero-order valence-electron chi connectivity index (χ0n) is 20.7. The van der Waals surface area contributed by atoms with Crippen molar-refractivity contribution in [2.24, 2.45) is 0 Å². The van der Waals surface area contributed by atoms with Gasteiger partial charge in [0.25, 0.3) is 0 Å². The van der Waals surface area contributed by atoms with E-state index in [-0.39, 0.29) is 17.3 Å². The summed E-state index contributed by atoms with van der Waals surface area (Å²) in [5.41, 5.74) is 0. The molecule has 4 rings (SSSR count). The van der Waals surface area contributed by atoms with Gasteiger partial charge in [-0.05, 0) is 62.0 Å². The molecule has 2 aliphatic rings. The number of carbonyl (C=O) groups is 1. The number of halogens is 1. The normalized spacial score (nSPS) is 20.1. The van der Waals surface area contributed by atoms with Gasteiger partial charge >= 0.3 is 0 Å². The molecule has 1 atom stereocenters. The minimum atomic E-state index is -3.94. The maximum Gasteiger partial charge on any atom is 0.243 e. The van der Waals surface area contributed by atoms with Crippen molar-refractivity contribution in [2.45, 2.75) is 17.4 Å². The van der Waals surface area contributed by atoms with E-state index < -0.39 is 16.1 Å². The van der Waals surface area contributed by atoms with Crippen LogP contribution in [0.25, 0.3) is 0 Å². The van der Waals surface area contributed by atoms with Gasteiger partial charge in [-0.2, -0.15) is 4.31 Å². The average Bonchev–Trinajstić information content (AvgIpc) is 3.03. The molecular formula is C26H33ClN4O4S. The van der Waals surface area contributed by atoms with Crippen molar-refractivity contribution in [3.8, 4) is 11.5 Å². The van der Waals surface area contributed by atoms with E-state index in [0.29, 0.717) is 36.0 Å². The minimum Gasteiger partial charge on any atom is -0.457 e. The fourth-order valence-corrected chi connectivity index (χ4v) is 6.06. The first-order valence-corrected chi connectivity index (χ1v) is 13.9. The van der Waals surface area contributed by atoms with Gasteiger partial charge in [-0.15, -0.1) is 0 Å². The van der Waals surface area contributed by atoms with Crippen LogP contribution in [0, 0.1) is 0 Å². The molecule has 0 N–H and O–H groups in total. The highest BCUT2D eigenvalue weighted by atomic mass is 35.5. The zero-order valence-corrected chi connectivity index (χ0v) is 22.3. The quantitative estimate of drug-likeness (QED) is 0.486. The van der Waals surface area contributed by atoms with E-state index in [1.165, 1.54) is 16.4 Å². The highest BCUT2D eigenvalue weighted by Gasteiger charge is 2.37. The summed E-state index contributed by atoms with van der Waals surface area (Å²) in [4.78, 5) is 19.4. The largest absolute Gasteiger partial charge is 0.457 e. The van der Waals surface area contributed by atoms with Crippen molar-refractivity contribution in [1.29, 1.82) is 0 Å². The van der Waals surface area contributed by atoms with E-state index >= 15 is 0 Å². The van der Waals surface area contributed by atoms with Gasteiger partial charge in [0.05, 0.1) is 4.90 Å². The highest BCUT2D eigenvalue weighted by Crippen LogP contribution is 2.27. The van der Waals surface area contributed by atoms with Gasteiger partial charge < -0.3 is 14.5 Å². The summed E-state index contributed by atoms with van der Waals surface area (Å²) in [5, 5.41) is 0.606. The number of amides is 1. The van der Waals surface area contributed by atoms with Gasteiger partial charge in [-0.1, -0.05) is 23.8 Å². The number of nitrogens with zero attached hydrogens (tertiary/aromatic N) is 4. The molecule has 0 unspecified atom stereocenters. The minimum absolute atomic E-state index is 0.132. The molecule has 2 aromatic rings. The first-order valence-electron chi connectivity index (χ1n) is 12.1. The number of ether oxygens (including phenoxy) is 1. The van der Waals surface area contributed by atoms with Crippen molar-refractivity contribution in [1.82, 2.24) is 19.0 Å². The maximum atomic E-state index is 13.9. The van der Waals surface area contributed by atoms with Gasteiger partial charge in [-0.25, -0.2) is 8.42 Å². The number of benzene rings is 2. The summed E-state index contributed by atoms with van der Waals surface area (Å²) in [6.07, 6.45) is 4.16. The van der Waals surface area contributed by atoms with Crippen molar-refractivity contribution in [3.63, 3.8) is 0 Å². The molecule has 10 heteroatoms. The Bertz CT molecular complexity index is 1160. The summed E-state index contributed by atoms with van der Waals surface area (Å²) in [6.45, 7) is 4.91. The van der Waals surface area contributed by atoms with Gasteiger partial charge in [-0.3, -0.25) is 9.69 Å². The van der Waals surface area contributed by atoms with Gasteiger partial charge in [0.1, 0.15) is 17.5 Å². The van der Waals surface area contributed by atoms with Crippen LogP contribution >= 0.6 is 11.6 Å². The monoisotopic (exact) mass is 532 g/mol. The molecular weight excluding hydrogens is 500 g/mol. The molecule has 1 fully saturated rings. The molecule has 1 amide bonds. The van der Waals surface area contributed by atoms with Crippen LogP contribution in [0.3, 0.4) is 0 Å². The van der Waals surface area contributed by atoms with Gasteiger partial charge in [0.15, 0.2) is 0 Å². The number of piperazine rings is 1. The molecule has 2 aromatic carbocycles. The van der Waals surface area contributed by atoms with Crippen molar-refractivity contribution in [2.75, 3.05) is 59.9 Å². The van der Waals surface area contributed by atoms with Crippen LogP contribution in [0.15, 0.2) is 65.6 Å². The lowest BCUT2D eigenvalue weighted by molar-refractivity contribution is -0.133. The third-order valence-electron chi connectivity index (χ3n) is 6.63. The molecule has 0 bridgehead atoms. The number of sulfonamides is 1.